The number of hydrogen-bond donors (Lipinski definition) is 1. The molecule has 0 bridgehead atoms. The van der Waals surface area contributed by atoms with Crippen molar-refractivity contribution in [1.82, 2.24) is 10.2 Å². The summed E-state index contributed by atoms with van der Waals surface area (Å²) in [5.41, 5.74) is 1.63. The zero-order valence-corrected chi connectivity index (χ0v) is 13.4. The number of nitrogens with one attached hydrogen (secondary N) is 1. The van der Waals surface area contributed by atoms with Crippen molar-refractivity contribution in [2.24, 2.45) is 0 Å². The molecule has 2 aromatic rings. The van der Waals surface area contributed by atoms with Gasteiger partial charge in [0.05, 0.1) is 5.56 Å². The average molecular weight is 334 g/mol. The van der Waals surface area contributed by atoms with Gasteiger partial charge in [-0.1, -0.05) is 42.5 Å². The van der Waals surface area contributed by atoms with Gasteiger partial charge in [-0.05, 0) is 29.7 Å². The molecule has 0 amide bonds. The van der Waals surface area contributed by atoms with Crippen LogP contribution in [0.4, 0.5) is 13.2 Å². The predicted octanol–water partition coefficient (Wildman–Crippen LogP) is 3.72. The van der Waals surface area contributed by atoms with Crippen LogP contribution in [0.25, 0.3) is 0 Å². The van der Waals surface area contributed by atoms with Crippen molar-refractivity contribution in [3.63, 3.8) is 0 Å². The Kier molecular flexibility index (Phi) is 5.21. The van der Waals surface area contributed by atoms with Gasteiger partial charge in [-0.3, -0.25) is 4.90 Å². The normalized spacial score (nSPS) is 19.4. The van der Waals surface area contributed by atoms with Gasteiger partial charge in [-0.15, -0.1) is 0 Å². The first kappa shape index (κ1) is 17.0. The largest absolute Gasteiger partial charge is 0.416 e. The van der Waals surface area contributed by atoms with Crippen LogP contribution in [0.5, 0.6) is 0 Å². The molecule has 128 valence electrons. The number of piperazine rings is 1. The number of benzene rings is 2. The molecular weight excluding hydrogens is 313 g/mol. The van der Waals surface area contributed by atoms with Crippen molar-refractivity contribution in [2.45, 2.75) is 25.2 Å². The first-order valence-corrected chi connectivity index (χ1v) is 8.16. The molecular formula is C19H21F3N2. The van der Waals surface area contributed by atoms with Crippen molar-refractivity contribution in [3.05, 3.63) is 71.3 Å². The molecule has 1 heterocycles. The third kappa shape index (κ3) is 4.58. The van der Waals surface area contributed by atoms with Crippen molar-refractivity contribution < 1.29 is 13.2 Å². The fourth-order valence-corrected chi connectivity index (χ4v) is 3.13. The minimum absolute atomic E-state index is 0.263. The standard InChI is InChI=1S/C19H21F3N2/c20-19(21,22)17-8-6-15(7-9-17)12-18-14-24(11-10-23-18)13-16-4-2-1-3-5-16/h1-9,18,23H,10-14H2. The summed E-state index contributed by atoms with van der Waals surface area (Å²) in [6.07, 6.45) is -3.53. The predicted molar refractivity (Wildman–Crippen MR) is 88.7 cm³/mol. The van der Waals surface area contributed by atoms with E-state index in [0.29, 0.717) is 0 Å². The van der Waals surface area contributed by atoms with Crippen LogP contribution >= 0.6 is 0 Å². The second-order valence-corrected chi connectivity index (χ2v) is 6.27. The van der Waals surface area contributed by atoms with Crippen LogP contribution in [0, 0.1) is 0 Å². The molecule has 24 heavy (non-hydrogen) atoms. The molecule has 3 rings (SSSR count). The Morgan fingerprint density at radius 1 is 0.958 bits per heavy atom. The van der Waals surface area contributed by atoms with E-state index in [-0.39, 0.29) is 6.04 Å². The van der Waals surface area contributed by atoms with E-state index in [1.807, 2.05) is 18.2 Å². The van der Waals surface area contributed by atoms with Gasteiger partial charge < -0.3 is 5.32 Å². The molecule has 0 aromatic heterocycles. The molecule has 0 aliphatic carbocycles. The molecule has 1 fully saturated rings. The summed E-state index contributed by atoms with van der Waals surface area (Å²) in [6, 6.07) is 16.1. The van der Waals surface area contributed by atoms with Crippen molar-refractivity contribution in [2.75, 3.05) is 19.6 Å². The summed E-state index contributed by atoms with van der Waals surface area (Å²) < 4.78 is 37.9. The summed E-state index contributed by atoms with van der Waals surface area (Å²) in [7, 11) is 0. The fraction of sp³-hybridized carbons (Fsp3) is 0.368. The maximum atomic E-state index is 12.6. The van der Waals surface area contributed by atoms with Gasteiger partial charge in [-0.2, -0.15) is 13.2 Å². The van der Waals surface area contributed by atoms with Gasteiger partial charge in [0, 0.05) is 32.2 Å². The molecule has 2 aromatic carbocycles. The molecule has 1 unspecified atom stereocenters. The lowest BCUT2D eigenvalue weighted by Crippen LogP contribution is -2.51. The van der Waals surface area contributed by atoms with Gasteiger partial charge >= 0.3 is 6.18 Å². The lowest BCUT2D eigenvalue weighted by Gasteiger charge is -2.34. The Morgan fingerprint density at radius 2 is 1.67 bits per heavy atom. The van der Waals surface area contributed by atoms with E-state index in [1.54, 1.807) is 12.1 Å². The van der Waals surface area contributed by atoms with Crippen LogP contribution in [0.15, 0.2) is 54.6 Å². The van der Waals surface area contributed by atoms with Crippen molar-refractivity contribution >= 4 is 0 Å². The van der Waals surface area contributed by atoms with Crippen LogP contribution in [-0.4, -0.2) is 30.6 Å². The van der Waals surface area contributed by atoms with E-state index in [1.165, 1.54) is 17.7 Å². The SMILES string of the molecule is FC(F)(F)c1ccc(CC2CN(Cc3ccccc3)CCN2)cc1. The molecule has 0 radical (unpaired) electrons. The van der Waals surface area contributed by atoms with Gasteiger partial charge in [0.2, 0.25) is 0 Å². The maximum absolute atomic E-state index is 12.6. The molecule has 2 nitrogen and oxygen atoms in total. The summed E-state index contributed by atoms with van der Waals surface area (Å²) in [4.78, 5) is 2.39. The van der Waals surface area contributed by atoms with Crippen LogP contribution < -0.4 is 5.32 Å². The smallest absolute Gasteiger partial charge is 0.311 e. The van der Waals surface area contributed by atoms with Gasteiger partial charge in [0.25, 0.3) is 0 Å². The second kappa shape index (κ2) is 7.36. The van der Waals surface area contributed by atoms with Crippen LogP contribution in [0.1, 0.15) is 16.7 Å². The number of nitrogens with zero attached hydrogens (tertiary/aromatic N) is 1. The van der Waals surface area contributed by atoms with Crippen molar-refractivity contribution in [3.8, 4) is 0 Å². The summed E-state index contributed by atoms with van der Waals surface area (Å²) in [6.45, 7) is 3.69. The molecule has 0 spiro atoms. The van der Waals surface area contributed by atoms with E-state index in [9.17, 15) is 13.2 Å². The monoisotopic (exact) mass is 334 g/mol. The number of hydrogen-bond acceptors (Lipinski definition) is 2. The minimum atomic E-state index is -4.27. The quantitative estimate of drug-likeness (QED) is 0.917. The molecule has 1 saturated heterocycles. The topological polar surface area (TPSA) is 15.3 Å². The molecule has 1 N–H and O–H groups in total. The zero-order valence-electron chi connectivity index (χ0n) is 13.4. The van der Waals surface area contributed by atoms with Crippen LogP contribution in [-0.2, 0) is 19.1 Å². The molecule has 1 atom stereocenters. The zero-order chi connectivity index (χ0) is 17.0. The maximum Gasteiger partial charge on any atom is 0.416 e. The average Bonchev–Trinajstić information content (AvgIpc) is 2.56. The number of halogens is 3. The highest BCUT2D eigenvalue weighted by Gasteiger charge is 2.30. The molecule has 5 heteroatoms. The summed E-state index contributed by atoms with van der Waals surface area (Å²) in [5.74, 6) is 0. The molecule has 1 aliphatic rings. The van der Waals surface area contributed by atoms with Gasteiger partial charge in [-0.25, -0.2) is 0 Å². The van der Waals surface area contributed by atoms with Crippen LogP contribution in [0.2, 0.25) is 0 Å². The Labute approximate surface area is 140 Å². The van der Waals surface area contributed by atoms with E-state index in [2.05, 4.69) is 22.3 Å². The highest BCUT2D eigenvalue weighted by molar-refractivity contribution is 5.25. The highest BCUT2D eigenvalue weighted by atomic mass is 19.4. The van der Waals surface area contributed by atoms with E-state index < -0.39 is 11.7 Å². The summed E-state index contributed by atoms with van der Waals surface area (Å²) >= 11 is 0. The Hall–Kier alpha value is -1.85. The number of rotatable bonds is 4. The third-order valence-corrected chi connectivity index (χ3v) is 4.35. The molecule has 1 aliphatic heterocycles. The van der Waals surface area contributed by atoms with Crippen LogP contribution in [0.3, 0.4) is 0 Å². The Morgan fingerprint density at radius 3 is 2.33 bits per heavy atom. The van der Waals surface area contributed by atoms with Gasteiger partial charge in [0.15, 0.2) is 0 Å². The highest BCUT2D eigenvalue weighted by Crippen LogP contribution is 2.29. The Balaban J connectivity index is 1.57. The first-order valence-electron chi connectivity index (χ1n) is 8.16. The second-order valence-electron chi connectivity index (χ2n) is 6.27. The summed E-state index contributed by atoms with van der Waals surface area (Å²) in [5, 5.41) is 3.46. The van der Waals surface area contributed by atoms with E-state index in [0.717, 1.165) is 38.2 Å². The first-order chi connectivity index (χ1) is 11.5. The van der Waals surface area contributed by atoms with Crippen molar-refractivity contribution in [1.29, 1.82) is 0 Å². The minimum Gasteiger partial charge on any atom is -0.311 e. The number of alkyl halides is 3. The van der Waals surface area contributed by atoms with E-state index in [4.69, 9.17) is 0 Å². The van der Waals surface area contributed by atoms with E-state index >= 15 is 0 Å². The van der Waals surface area contributed by atoms with Gasteiger partial charge in [0.1, 0.15) is 0 Å². The third-order valence-electron chi connectivity index (χ3n) is 4.35. The Bertz CT molecular complexity index is 638. The lowest BCUT2D eigenvalue weighted by molar-refractivity contribution is -0.137. The lowest BCUT2D eigenvalue weighted by atomic mass is 10.0. The molecule has 0 saturated carbocycles. The fourth-order valence-electron chi connectivity index (χ4n) is 3.13.